The van der Waals surface area contributed by atoms with Gasteiger partial charge in [-0.05, 0) is 66.7 Å². The zero-order valence-electron chi connectivity index (χ0n) is 18.6. The topological polar surface area (TPSA) is 132 Å². The molecule has 0 unspecified atom stereocenters. The molecule has 2 aromatic heterocycles. The molecular weight excluding hydrogens is 430 g/mol. The van der Waals surface area contributed by atoms with E-state index < -0.39 is 0 Å². The van der Waals surface area contributed by atoms with E-state index in [1.54, 1.807) is 54.7 Å². The van der Waals surface area contributed by atoms with E-state index in [1.165, 1.54) is 0 Å². The largest absolute Gasteiger partial charge is 0.508 e. The van der Waals surface area contributed by atoms with E-state index in [1.807, 2.05) is 24.4 Å². The highest BCUT2D eigenvalue weighted by Crippen LogP contribution is 2.22. The SMILES string of the molecule is Nc1ccc(O)cc1.Oc1ccc(Nc2nccc(-c3ccc(N4CCNCC4)nc3)n2)cc1. The normalized spacial score (nSPS) is 13.0. The lowest BCUT2D eigenvalue weighted by Gasteiger charge is -2.28. The standard InChI is InChI=1S/C19H20N6O.C6H7NO/c26-16-4-2-15(3-5-16)23-19-21-8-7-17(24-19)14-1-6-18(22-13-14)25-11-9-20-10-12-25;7-5-1-3-6(8)4-2-5/h1-8,13,20,26H,9-12H2,(H,21,23,24);1-4,8H,7H2. The maximum atomic E-state index is 9.36. The van der Waals surface area contributed by atoms with Crippen molar-refractivity contribution in [2.24, 2.45) is 0 Å². The predicted molar refractivity (Wildman–Crippen MR) is 134 cm³/mol. The fourth-order valence-corrected chi connectivity index (χ4v) is 3.35. The predicted octanol–water partition coefficient (Wildman–Crippen LogP) is 3.37. The number of benzene rings is 2. The first kappa shape index (κ1) is 22.8. The summed E-state index contributed by atoms with van der Waals surface area (Å²) in [7, 11) is 0. The number of nitrogens with two attached hydrogens (primary N) is 1. The molecule has 1 aliphatic heterocycles. The Kier molecular flexibility index (Phi) is 7.36. The Morgan fingerprint density at radius 1 is 0.824 bits per heavy atom. The molecule has 0 amide bonds. The molecular formula is C25H27N7O2. The summed E-state index contributed by atoms with van der Waals surface area (Å²) in [4.78, 5) is 15.7. The molecule has 0 bridgehead atoms. The Hall–Kier alpha value is -4.37. The van der Waals surface area contributed by atoms with E-state index in [4.69, 9.17) is 10.8 Å². The van der Waals surface area contributed by atoms with Crippen molar-refractivity contribution in [3.63, 3.8) is 0 Å². The Morgan fingerprint density at radius 3 is 2.12 bits per heavy atom. The van der Waals surface area contributed by atoms with E-state index >= 15 is 0 Å². The highest BCUT2D eigenvalue weighted by molar-refractivity contribution is 5.62. The number of nitrogens with one attached hydrogen (secondary N) is 2. The minimum atomic E-state index is 0.223. The molecule has 9 nitrogen and oxygen atoms in total. The van der Waals surface area contributed by atoms with Gasteiger partial charge in [-0.15, -0.1) is 0 Å². The molecule has 4 aromatic rings. The number of pyridine rings is 1. The number of phenolic OH excluding ortho intramolecular Hbond substituents is 2. The van der Waals surface area contributed by atoms with Crippen LogP contribution in [0.25, 0.3) is 11.3 Å². The van der Waals surface area contributed by atoms with Crippen molar-refractivity contribution in [1.82, 2.24) is 20.3 Å². The number of hydrogen-bond donors (Lipinski definition) is 5. The first-order chi connectivity index (χ1) is 16.6. The number of nitrogens with zero attached hydrogens (tertiary/aromatic N) is 4. The van der Waals surface area contributed by atoms with Crippen LogP contribution in [0.3, 0.4) is 0 Å². The molecule has 34 heavy (non-hydrogen) atoms. The van der Waals surface area contributed by atoms with Crippen molar-refractivity contribution in [1.29, 1.82) is 0 Å². The monoisotopic (exact) mass is 457 g/mol. The fraction of sp³-hybridized carbons (Fsp3) is 0.160. The molecule has 9 heteroatoms. The zero-order chi connectivity index (χ0) is 23.8. The summed E-state index contributed by atoms with van der Waals surface area (Å²) in [5.41, 5.74) is 8.55. The summed E-state index contributed by atoms with van der Waals surface area (Å²) >= 11 is 0. The molecule has 0 aliphatic carbocycles. The van der Waals surface area contributed by atoms with Crippen LogP contribution in [0.4, 0.5) is 23.1 Å². The summed E-state index contributed by atoms with van der Waals surface area (Å²) in [6, 6.07) is 19.1. The van der Waals surface area contributed by atoms with E-state index in [-0.39, 0.29) is 11.5 Å². The summed E-state index contributed by atoms with van der Waals surface area (Å²) in [6.45, 7) is 3.92. The van der Waals surface area contributed by atoms with Crippen LogP contribution in [0.15, 0.2) is 79.1 Å². The molecule has 1 aliphatic rings. The van der Waals surface area contributed by atoms with Gasteiger partial charge in [-0.3, -0.25) is 0 Å². The number of piperazine rings is 1. The van der Waals surface area contributed by atoms with Crippen molar-refractivity contribution in [3.05, 3.63) is 79.1 Å². The lowest BCUT2D eigenvalue weighted by Crippen LogP contribution is -2.43. The summed E-state index contributed by atoms with van der Waals surface area (Å²) < 4.78 is 0. The van der Waals surface area contributed by atoms with Gasteiger partial charge in [0.2, 0.25) is 5.95 Å². The lowest BCUT2D eigenvalue weighted by molar-refractivity contribution is 0.475. The molecule has 0 spiro atoms. The third kappa shape index (κ3) is 6.33. The first-order valence-corrected chi connectivity index (χ1v) is 10.9. The number of phenols is 2. The van der Waals surface area contributed by atoms with Gasteiger partial charge in [0.05, 0.1) is 5.69 Å². The number of aromatic nitrogens is 3. The van der Waals surface area contributed by atoms with Crippen LogP contribution in [0.5, 0.6) is 11.5 Å². The third-order valence-corrected chi connectivity index (χ3v) is 5.16. The molecule has 2 aromatic carbocycles. The minimum Gasteiger partial charge on any atom is -0.508 e. The molecule has 0 saturated carbocycles. The van der Waals surface area contributed by atoms with Crippen LogP contribution in [0, 0.1) is 0 Å². The second-order valence-electron chi connectivity index (χ2n) is 7.67. The van der Waals surface area contributed by atoms with E-state index in [9.17, 15) is 5.11 Å². The van der Waals surface area contributed by atoms with Gasteiger partial charge in [0, 0.05) is 55.5 Å². The maximum Gasteiger partial charge on any atom is 0.227 e. The van der Waals surface area contributed by atoms with Crippen molar-refractivity contribution < 1.29 is 10.2 Å². The molecule has 3 heterocycles. The van der Waals surface area contributed by atoms with Crippen LogP contribution in [-0.2, 0) is 0 Å². The highest BCUT2D eigenvalue weighted by Gasteiger charge is 2.12. The quantitative estimate of drug-likeness (QED) is 0.231. The molecule has 0 atom stereocenters. The number of aromatic hydroxyl groups is 2. The lowest BCUT2D eigenvalue weighted by atomic mass is 10.2. The van der Waals surface area contributed by atoms with Gasteiger partial charge in [0.25, 0.3) is 0 Å². The Bertz CT molecular complexity index is 1160. The van der Waals surface area contributed by atoms with Gasteiger partial charge in [-0.25, -0.2) is 15.0 Å². The number of nitrogen functional groups attached to an aromatic ring is 1. The van der Waals surface area contributed by atoms with Crippen LogP contribution in [0.2, 0.25) is 0 Å². The van der Waals surface area contributed by atoms with Gasteiger partial charge < -0.3 is 31.5 Å². The van der Waals surface area contributed by atoms with Gasteiger partial charge in [-0.2, -0.15) is 0 Å². The molecule has 0 radical (unpaired) electrons. The molecule has 174 valence electrons. The van der Waals surface area contributed by atoms with E-state index in [2.05, 4.69) is 30.5 Å². The molecule has 5 rings (SSSR count). The van der Waals surface area contributed by atoms with E-state index in [0.717, 1.165) is 48.9 Å². The Morgan fingerprint density at radius 2 is 1.50 bits per heavy atom. The number of rotatable bonds is 4. The molecule has 1 fully saturated rings. The average Bonchev–Trinajstić information content (AvgIpc) is 2.88. The smallest absolute Gasteiger partial charge is 0.227 e. The molecule has 1 saturated heterocycles. The summed E-state index contributed by atoms with van der Waals surface area (Å²) in [6.07, 6.45) is 3.57. The fourth-order valence-electron chi connectivity index (χ4n) is 3.35. The van der Waals surface area contributed by atoms with Crippen LogP contribution in [-0.4, -0.2) is 51.3 Å². The van der Waals surface area contributed by atoms with Crippen molar-refractivity contribution in [3.8, 4) is 22.8 Å². The number of hydrogen-bond acceptors (Lipinski definition) is 9. The first-order valence-electron chi connectivity index (χ1n) is 10.9. The van der Waals surface area contributed by atoms with Crippen molar-refractivity contribution in [2.45, 2.75) is 0 Å². The van der Waals surface area contributed by atoms with Crippen LogP contribution in [0.1, 0.15) is 0 Å². The van der Waals surface area contributed by atoms with Crippen molar-refractivity contribution >= 4 is 23.1 Å². The van der Waals surface area contributed by atoms with Gasteiger partial charge in [0.1, 0.15) is 17.3 Å². The number of anilines is 4. The Balaban J connectivity index is 0.000000291. The minimum absolute atomic E-state index is 0.223. The summed E-state index contributed by atoms with van der Waals surface area (Å²) in [5.74, 6) is 1.96. The summed E-state index contributed by atoms with van der Waals surface area (Å²) in [5, 5.41) is 24.5. The van der Waals surface area contributed by atoms with Crippen LogP contribution < -0.4 is 21.3 Å². The van der Waals surface area contributed by atoms with Gasteiger partial charge in [0.15, 0.2) is 0 Å². The average molecular weight is 458 g/mol. The van der Waals surface area contributed by atoms with Crippen LogP contribution >= 0.6 is 0 Å². The second kappa shape index (κ2) is 11.0. The zero-order valence-corrected chi connectivity index (χ0v) is 18.6. The maximum absolute atomic E-state index is 9.36. The van der Waals surface area contributed by atoms with Crippen molar-refractivity contribution in [2.75, 3.05) is 42.1 Å². The Labute approximate surface area is 198 Å². The van der Waals surface area contributed by atoms with Gasteiger partial charge in [-0.1, -0.05) is 0 Å². The second-order valence-corrected chi connectivity index (χ2v) is 7.67. The van der Waals surface area contributed by atoms with E-state index in [0.29, 0.717) is 11.6 Å². The highest BCUT2D eigenvalue weighted by atomic mass is 16.3. The molecule has 6 N–H and O–H groups in total. The third-order valence-electron chi connectivity index (χ3n) is 5.16. The van der Waals surface area contributed by atoms with Gasteiger partial charge >= 0.3 is 0 Å².